The molecule has 0 fully saturated rings. The third-order valence-electron chi connectivity index (χ3n) is 3.63. The fraction of sp³-hybridized carbons (Fsp3) is 0.111. The fourth-order valence-corrected chi connectivity index (χ4v) is 3.38. The van der Waals surface area contributed by atoms with Gasteiger partial charge in [0.15, 0.2) is 5.03 Å². The van der Waals surface area contributed by atoms with Gasteiger partial charge in [-0.15, -0.1) is 0 Å². The van der Waals surface area contributed by atoms with Gasteiger partial charge >= 0.3 is 5.69 Å². The first-order valence-electron chi connectivity index (χ1n) is 7.71. The van der Waals surface area contributed by atoms with Crippen LogP contribution in [0.5, 0.6) is 0 Å². The highest BCUT2D eigenvalue weighted by molar-refractivity contribution is 7.99. The average molecular weight is 387 g/mol. The molecule has 1 N–H and O–H groups in total. The van der Waals surface area contributed by atoms with E-state index in [1.165, 1.54) is 18.1 Å². The molecule has 3 aromatic rings. The number of aromatic nitrogens is 2. The van der Waals surface area contributed by atoms with Crippen molar-refractivity contribution in [3.63, 3.8) is 0 Å². The Balaban J connectivity index is 1.98. The van der Waals surface area contributed by atoms with Crippen LogP contribution in [0.15, 0.2) is 58.7 Å². The molecule has 0 aliphatic heterocycles. The van der Waals surface area contributed by atoms with E-state index in [9.17, 15) is 10.1 Å². The highest BCUT2D eigenvalue weighted by atomic mass is 35.5. The molecule has 0 radical (unpaired) electrons. The van der Waals surface area contributed by atoms with Crippen LogP contribution < -0.4 is 5.32 Å². The number of benzene rings is 2. The van der Waals surface area contributed by atoms with Crippen LogP contribution in [0.25, 0.3) is 0 Å². The molecule has 0 saturated heterocycles. The molecule has 26 heavy (non-hydrogen) atoms. The van der Waals surface area contributed by atoms with E-state index in [1.807, 2.05) is 32.0 Å². The number of nitrogens with zero attached hydrogens (tertiary/aromatic N) is 3. The van der Waals surface area contributed by atoms with Crippen molar-refractivity contribution in [3.8, 4) is 0 Å². The van der Waals surface area contributed by atoms with Crippen LogP contribution in [0.2, 0.25) is 5.02 Å². The van der Waals surface area contributed by atoms with Crippen molar-refractivity contribution < 1.29 is 4.92 Å². The molecular weight excluding hydrogens is 372 g/mol. The lowest BCUT2D eigenvalue weighted by Gasteiger charge is -2.11. The molecule has 0 aliphatic rings. The van der Waals surface area contributed by atoms with Crippen molar-refractivity contribution in [2.24, 2.45) is 0 Å². The first kappa shape index (κ1) is 18.2. The number of anilines is 2. The maximum atomic E-state index is 11.7. The summed E-state index contributed by atoms with van der Waals surface area (Å²) >= 11 is 7.08. The van der Waals surface area contributed by atoms with Crippen LogP contribution in [0.1, 0.15) is 11.1 Å². The largest absolute Gasteiger partial charge is 0.343 e. The second-order valence-corrected chi connectivity index (χ2v) is 7.13. The summed E-state index contributed by atoms with van der Waals surface area (Å²) in [6.45, 7) is 3.93. The minimum absolute atomic E-state index is 0.160. The molecule has 0 saturated carbocycles. The maximum Gasteiger partial charge on any atom is 0.343 e. The molecular formula is C18H15ClN4O2S. The van der Waals surface area contributed by atoms with Gasteiger partial charge in [-0.2, -0.15) is 0 Å². The van der Waals surface area contributed by atoms with Crippen LogP contribution >= 0.6 is 23.4 Å². The topological polar surface area (TPSA) is 81.0 Å². The Morgan fingerprint density at radius 3 is 2.50 bits per heavy atom. The molecule has 0 amide bonds. The number of hydrogen-bond acceptors (Lipinski definition) is 6. The van der Waals surface area contributed by atoms with Crippen molar-refractivity contribution in [1.82, 2.24) is 9.97 Å². The molecule has 3 rings (SSSR count). The minimum Gasteiger partial charge on any atom is -0.334 e. The van der Waals surface area contributed by atoms with Crippen LogP contribution in [-0.2, 0) is 0 Å². The summed E-state index contributed by atoms with van der Waals surface area (Å²) < 4.78 is 0. The standard InChI is InChI=1S/C18H15ClN4O2S/c1-11-3-8-15(12(2)9-11)22-17-16(23(24)25)18(21-10-20-17)26-14-6-4-13(19)5-7-14/h3-10H,1-2H3,(H,20,21,22). The van der Waals surface area contributed by atoms with Gasteiger partial charge in [0.05, 0.1) is 4.92 Å². The summed E-state index contributed by atoms with van der Waals surface area (Å²) in [5.74, 6) is 0.161. The zero-order chi connectivity index (χ0) is 18.7. The Labute approximate surface area is 159 Å². The van der Waals surface area contributed by atoms with Crippen LogP contribution in [0, 0.1) is 24.0 Å². The zero-order valence-electron chi connectivity index (χ0n) is 14.1. The summed E-state index contributed by atoms with van der Waals surface area (Å²) in [5, 5.41) is 15.6. The third-order valence-corrected chi connectivity index (χ3v) is 4.89. The second-order valence-electron chi connectivity index (χ2n) is 5.63. The Hall–Kier alpha value is -2.64. The summed E-state index contributed by atoms with van der Waals surface area (Å²) in [6.07, 6.45) is 1.32. The quantitative estimate of drug-likeness (QED) is 0.351. The third kappa shape index (κ3) is 4.12. The number of nitro groups is 1. The van der Waals surface area contributed by atoms with Gasteiger partial charge in [-0.25, -0.2) is 9.97 Å². The van der Waals surface area contributed by atoms with Crippen molar-refractivity contribution in [1.29, 1.82) is 0 Å². The molecule has 0 unspecified atom stereocenters. The van der Waals surface area contributed by atoms with E-state index in [4.69, 9.17) is 11.6 Å². The van der Waals surface area contributed by atoms with Gasteiger partial charge in [0.25, 0.3) is 0 Å². The monoisotopic (exact) mass is 386 g/mol. The predicted octanol–water partition coefficient (Wildman–Crippen LogP) is 5.55. The van der Waals surface area contributed by atoms with E-state index < -0.39 is 4.92 Å². The lowest BCUT2D eigenvalue weighted by atomic mass is 10.1. The summed E-state index contributed by atoms with van der Waals surface area (Å²) in [4.78, 5) is 20.2. The van der Waals surface area contributed by atoms with Gasteiger partial charge in [-0.3, -0.25) is 10.1 Å². The van der Waals surface area contributed by atoms with Gasteiger partial charge in [0.1, 0.15) is 6.33 Å². The van der Waals surface area contributed by atoms with Crippen molar-refractivity contribution in [3.05, 3.63) is 75.1 Å². The van der Waals surface area contributed by atoms with Gasteiger partial charge in [0, 0.05) is 15.6 Å². The molecule has 2 aromatic carbocycles. The molecule has 1 aromatic heterocycles. The summed E-state index contributed by atoms with van der Waals surface area (Å²) in [5.41, 5.74) is 2.70. The Morgan fingerprint density at radius 1 is 1.12 bits per heavy atom. The maximum absolute atomic E-state index is 11.7. The number of rotatable bonds is 5. The normalized spacial score (nSPS) is 10.6. The smallest absolute Gasteiger partial charge is 0.334 e. The highest BCUT2D eigenvalue weighted by Gasteiger charge is 2.24. The second kappa shape index (κ2) is 7.72. The molecule has 0 spiro atoms. The first-order valence-corrected chi connectivity index (χ1v) is 8.90. The molecule has 0 bridgehead atoms. The van der Waals surface area contributed by atoms with Gasteiger partial charge < -0.3 is 5.32 Å². The van der Waals surface area contributed by atoms with E-state index in [0.29, 0.717) is 5.02 Å². The van der Waals surface area contributed by atoms with E-state index in [1.54, 1.807) is 24.3 Å². The Morgan fingerprint density at radius 2 is 1.85 bits per heavy atom. The zero-order valence-corrected chi connectivity index (χ0v) is 15.6. The van der Waals surface area contributed by atoms with Gasteiger partial charge in [0.2, 0.25) is 5.82 Å². The molecule has 6 nitrogen and oxygen atoms in total. The molecule has 0 aliphatic carbocycles. The minimum atomic E-state index is -0.468. The lowest BCUT2D eigenvalue weighted by molar-refractivity contribution is -0.387. The first-order chi connectivity index (χ1) is 12.4. The number of aryl methyl sites for hydroxylation is 2. The highest BCUT2D eigenvalue weighted by Crippen LogP contribution is 2.38. The SMILES string of the molecule is Cc1ccc(Nc2ncnc(Sc3ccc(Cl)cc3)c2[N+](=O)[O-])c(C)c1. The van der Waals surface area contributed by atoms with Crippen LogP contribution in [0.3, 0.4) is 0 Å². The lowest BCUT2D eigenvalue weighted by Crippen LogP contribution is -2.03. The summed E-state index contributed by atoms with van der Waals surface area (Å²) in [6, 6.07) is 12.8. The fourth-order valence-electron chi connectivity index (χ4n) is 2.39. The molecule has 0 atom stereocenters. The number of nitrogens with one attached hydrogen (secondary N) is 1. The van der Waals surface area contributed by atoms with Crippen molar-refractivity contribution in [2.45, 2.75) is 23.8 Å². The van der Waals surface area contributed by atoms with Crippen molar-refractivity contribution >= 4 is 40.6 Å². The Kier molecular flexibility index (Phi) is 5.39. The molecule has 132 valence electrons. The number of hydrogen-bond donors (Lipinski definition) is 1. The number of halogens is 1. The molecule has 8 heteroatoms. The Bertz CT molecular complexity index is 964. The molecule has 1 heterocycles. The van der Waals surface area contributed by atoms with Crippen LogP contribution in [0.4, 0.5) is 17.2 Å². The van der Waals surface area contributed by atoms with E-state index in [0.717, 1.165) is 21.7 Å². The van der Waals surface area contributed by atoms with Gasteiger partial charge in [-0.05, 0) is 49.7 Å². The van der Waals surface area contributed by atoms with Crippen LogP contribution in [-0.4, -0.2) is 14.9 Å². The predicted molar refractivity (Wildman–Crippen MR) is 103 cm³/mol. The van der Waals surface area contributed by atoms with Gasteiger partial charge in [-0.1, -0.05) is 41.1 Å². The van der Waals surface area contributed by atoms with E-state index in [-0.39, 0.29) is 16.5 Å². The van der Waals surface area contributed by atoms with E-state index >= 15 is 0 Å². The average Bonchev–Trinajstić information content (AvgIpc) is 2.59. The van der Waals surface area contributed by atoms with E-state index in [2.05, 4.69) is 15.3 Å². The van der Waals surface area contributed by atoms with Crippen molar-refractivity contribution in [2.75, 3.05) is 5.32 Å². The summed E-state index contributed by atoms with van der Waals surface area (Å²) in [7, 11) is 0.